The minimum Gasteiger partial charge on any atom is -0.372 e. The Morgan fingerprint density at radius 1 is 1.17 bits per heavy atom. The van der Waals surface area contributed by atoms with Crippen LogP contribution < -0.4 is 9.62 Å². The van der Waals surface area contributed by atoms with Gasteiger partial charge in [-0.1, -0.05) is 6.92 Å². The summed E-state index contributed by atoms with van der Waals surface area (Å²) in [6, 6.07) is 7.53. The van der Waals surface area contributed by atoms with Crippen molar-refractivity contribution in [3.05, 3.63) is 36.8 Å². The minimum absolute atomic E-state index is 0.0223. The highest BCUT2D eigenvalue weighted by molar-refractivity contribution is 7.92. The molecule has 1 aromatic carbocycles. The van der Waals surface area contributed by atoms with E-state index in [-0.39, 0.29) is 5.03 Å². The number of nitrogens with zero attached hydrogens (tertiary/aromatic N) is 3. The summed E-state index contributed by atoms with van der Waals surface area (Å²) < 4.78 is 28.6. The number of aromatic nitrogens is 2. The molecule has 1 aliphatic heterocycles. The van der Waals surface area contributed by atoms with Crippen molar-refractivity contribution < 1.29 is 8.42 Å². The molecule has 1 fully saturated rings. The van der Waals surface area contributed by atoms with Crippen molar-refractivity contribution in [2.24, 2.45) is 13.0 Å². The van der Waals surface area contributed by atoms with E-state index in [0.717, 1.165) is 24.7 Å². The predicted molar refractivity (Wildman–Crippen MR) is 91.1 cm³/mol. The highest BCUT2D eigenvalue weighted by Crippen LogP contribution is 2.25. The third kappa shape index (κ3) is 3.67. The Balaban J connectivity index is 1.70. The largest absolute Gasteiger partial charge is 0.372 e. The van der Waals surface area contributed by atoms with E-state index in [4.69, 9.17) is 0 Å². The fourth-order valence-electron chi connectivity index (χ4n) is 2.74. The molecule has 1 N–H and O–H groups in total. The van der Waals surface area contributed by atoms with Crippen molar-refractivity contribution in [2.45, 2.75) is 24.8 Å². The molecule has 2 heterocycles. The molecule has 0 aliphatic carbocycles. The number of sulfonamides is 1. The van der Waals surface area contributed by atoms with Crippen LogP contribution in [0.3, 0.4) is 0 Å². The predicted octanol–water partition coefficient (Wildman–Crippen LogP) is 2.46. The first-order valence-corrected chi connectivity index (χ1v) is 9.28. The lowest BCUT2D eigenvalue weighted by Crippen LogP contribution is -2.32. The van der Waals surface area contributed by atoms with Gasteiger partial charge in [-0.25, -0.2) is 4.98 Å². The Morgan fingerprint density at radius 3 is 2.39 bits per heavy atom. The number of hydrogen-bond acceptors (Lipinski definition) is 4. The second-order valence-corrected chi connectivity index (χ2v) is 7.83. The van der Waals surface area contributed by atoms with Gasteiger partial charge in [-0.2, -0.15) is 8.42 Å². The second-order valence-electron chi connectivity index (χ2n) is 6.20. The number of rotatable bonds is 4. The molecule has 2 aromatic rings. The normalized spacial score (nSPS) is 16.5. The van der Waals surface area contributed by atoms with Gasteiger partial charge in [0.1, 0.15) is 0 Å². The summed E-state index contributed by atoms with van der Waals surface area (Å²) in [5.41, 5.74) is 1.68. The zero-order valence-corrected chi connectivity index (χ0v) is 14.3. The van der Waals surface area contributed by atoms with Gasteiger partial charge in [-0.15, -0.1) is 0 Å². The number of nitrogens with one attached hydrogen (secondary N) is 1. The van der Waals surface area contributed by atoms with Gasteiger partial charge in [-0.3, -0.25) is 4.72 Å². The number of imidazole rings is 1. The van der Waals surface area contributed by atoms with E-state index >= 15 is 0 Å². The molecule has 0 radical (unpaired) electrons. The van der Waals surface area contributed by atoms with Crippen molar-refractivity contribution in [1.82, 2.24) is 9.55 Å². The number of aryl methyl sites for hydroxylation is 1. The second kappa shape index (κ2) is 6.23. The maximum absolute atomic E-state index is 12.2. The maximum Gasteiger partial charge on any atom is 0.280 e. The van der Waals surface area contributed by atoms with Crippen LogP contribution in [0.4, 0.5) is 11.4 Å². The summed E-state index contributed by atoms with van der Waals surface area (Å²) in [5.74, 6) is 0.788. The van der Waals surface area contributed by atoms with Gasteiger partial charge >= 0.3 is 0 Å². The SMILES string of the molecule is CC1CCN(c2ccc(NS(=O)(=O)c3cn(C)cn3)cc2)CC1. The third-order valence-corrected chi connectivity index (χ3v) is 5.49. The first-order chi connectivity index (χ1) is 10.9. The monoisotopic (exact) mass is 334 g/mol. The smallest absolute Gasteiger partial charge is 0.280 e. The molecule has 0 spiro atoms. The van der Waals surface area contributed by atoms with E-state index in [9.17, 15) is 8.42 Å². The summed E-state index contributed by atoms with van der Waals surface area (Å²) in [6.07, 6.45) is 5.35. The number of benzene rings is 1. The van der Waals surface area contributed by atoms with Crippen LogP contribution >= 0.6 is 0 Å². The van der Waals surface area contributed by atoms with E-state index in [2.05, 4.69) is 21.5 Å². The molecule has 0 amide bonds. The average Bonchev–Trinajstić information content (AvgIpc) is 2.96. The minimum atomic E-state index is -3.63. The van der Waals surface area contributed by atoms with Gasteiger partial charge in [0, 0.05) is 37.7 Å². The van der Waals surface area contributed by atoms with Crippen molar-refractivity contribution >= 4 is 21.4 Å². The van der Waals surface area contributed by atoms with Crippen molar-refractivity contribution in [1.29, 1.82) is 0 Å². The quantitative estimate of drug-likeness (QED) is 0.933. The Labute approximate surface area is 137 Å². The standard InChI is InChI=1S/C16H22N4O2S/c1-13-7-9-20(10-8-13)15-5-3-14(4-6-15)18-23(21,22)16-11-19(2)12-17-16/h3-6,11-13,18H,7-10H2,1-2H3. The summed E-state index contributed by atoms with van der Waals surface area (Å²) in [6.45, 7) is 4.40. The molecule has 0 unspecified atom stereocenters. The van der Waals surface area contributed by atoms with Gasteiger partial charge in [0.05, 0.1) is 6.33 Å². The first-order valence-electron chi connectivity index (χ1n) is 7.80. The molecular weight excluding hydrogens is 312 g/mol. The van der Waals surface area contributed by atoms with Gasteiger partial charge in [-0.05, 0) is 43.0 Å². The molecule has 0 atom stereocenters. The zero-order valence-electron chi connectivity index (χ0n) is 13.4. The molecule has 1 aromatic heterocycles. The molecule has 0 bridgehead atoms. The molecule has 3 rings (SSSR count). The van der Waals surface area contributed by atoms with Gasteiger partial charge in [0.2, 0.25) is 0 Å². The van der Waals surface area contributed by atoms with E-state index in [1.54, 1.807) is 23.7 Å². The maximum atomic E-state index is 12.2. The molecule has 6 nitrogen and oxygen atoms in total. The van der Waals surface area contributed by atoms with Crippen molar-refractivity contribution in [3.63, 3.8) is 0 Å². The summed E-state index contributed by atoms with van der Waals surface area (Å²) in [7, 11) is -1.90. The Kier molecular flexibility index (Phi) is 4.30. The molecular formula is C16H22N4O2S. The lowest BCUT2D eigenvalue weighted by Gasteiger charge is -2.32. The van der Waals surface area contributed by atoms with Crippen molar-refractivity contribution in [3.8, 4) is 0 Å². The first kappa shape index (κ1) is 15.9. The third-order valence-electron chi connectivity index (χ3n) is 4.22. The van der Waals surface area contributed by atoms with E-state index in [1.165, 1.54) is 25.4 Å². The fourth-order valence-corrected chi connectivity index (χ4v) is 3.78. The van der Waals surface area contributed by atoms with E-state index in [1.807, 2.05) is 12.1 Å². The van der Waals surface area contributed by atoms with E-state index in [0.29, 0.717) is 5.69 Å². The number of hydrogen-bond donors (Lipinski definition) is 1. The van der Waals surface area contributed by atoms with Gasteiger partial charge in [0.25, 0.3) is 10.0 Å². The Hall–Kier alpha value is -2.02. The lowest BCUT2D eigenvalue weighted by molar-refractivity contribution is 0.438. The zero-order chi connectivity index (χ0) is 16.4. The lowest BCUT2D eigenvalue weighted by atomic mass is 9.99. The number of anilines is 2. The molecule has 124 valence electrons. The van der Waals surface area contributed by atoms with Crippen molar-refractivity contribution in [2.75, 3.05) is 22.7 Å². The van der Waals surface area contributed by atoms with Crippen LogP contribution in [0.1, 0.15) is 19.8 Å². The summed E-state index contributed by atoms with van der Waals surface area (Å²) >= 11 is 0. The highest BCUT2D eigenvalue weighted by Gasteiger charge is 2.18. The highest BCUT2D eigenvalue weighted by atomic mass is 32.2. The number of piperidine rings is 1. The molecule has 1 saturated heterocycles. The Bertz CT molecular complexity index is 760. The topological polar surface area (TPSA) is 67.2 Å². The summed E-state index contributed by atoms with van der Waals surface area (Å²) in [4.78, 5) is 6.23. The molecule has 23 heavy (non-hydrogen) atoms. The van der Waals surface area contributed by atoms with E-state index < -0.39 is 10.0 Å². The van der Waals surface area contributed by atoms with Crippen LogP contribution in [-0.4, -0.2) is 31.1 Å². The fraction of sp³-hybridized carbons (Fsp3) is 0.438. The van der Waals surface area contributed by atoms with Gasteiger partial charge < -0.3 is 9.47 Å². The molecule has 7 heteroatoms. The van der Waals surface area contributed by atoms with Crippen LogP contribution in [0, 0.1) is 5.92 Å². The van der Waals surface area contributed by atoms with Crippen LogP contribution in [0.5, 0.6) is 0 Å². The van der Waals surface area contributed by atoms with Crippen LogP contribution in [0.15, 0.2) is 41.8 Å². The Morgan fingerprint density at radius 2 is 1.83 bits per heavy atom. The molecule has 0 saturated carbocycles. The molecule has 1 aliphatic rings. The average molecular weight is 334 g/mol. The van der Waals surface area contributed by atoms with Gasteiger partial charge in [0.15, 0.2) is 5.03 Å². The van der Waals surface area contributed by atoms with Crippen LogP contribution in [-0.2, 0) is 17.1 Å². The summed E-state index contributed by atoms with van der Waals surface area (Å²) in [5, 5.41) is 0.0223. The van der Waals surface area contributed by atoms with Crippen LogP contribution in [0.2, 0.25) is 0 Å². The van der Waals surface area contributed by atoms with Crippen LogP contribution in [0.25, 0.3) is 0 Å².